The quantitative estimate of drug-likeness (QED) is 0.394. The summed E-state index contributed by atoms with van der Waals surface area (Å²) in [4.78, 5) is 10.7. The monoisotopic (exact) mass is 194 g/mol. The van der Waals surface area contributed by atoms with E-state index in [0.29, 0.717) is 5.56 Å². The molecule has 3 nitrogen and oxygen atoms in total. The maximum atomic E-state index is 10.7. The summed E-state index contributed by atoms with van der Waals surface area (Å²) in [5, 5.41) is 8.84. The van der Waals surface area contributed by atoms with Gasteiger partial charge in [0.25, 0.3) is 0 Å². The van der Waals surface area contributed by atoms with Crippen molar-refractivity contribution in [2.24, 2.45) is 0 Å². The molecule has 0 amide bonds. The zero-order valence-electron chi connectivity index (χ0n) is 5.52. The van der Waals surface area contributed by atoms with Gasteiger partial charge in [0.1, 0.15) is 5.75 Å². The fourth-order valence-electron chi connectivity index (χ4n) is 0.650. The number of thiol groups is 1. The Kier molecular flexibility index (Phi) is 5.41. The first-order valence-electron chi connectivity index (χ1n) is 2.89. The molecule has 60 valence electrons. The molecule has 0 saturated carbocycles. The van der Waals surface area contributed by atoms with Gasteiger partial charge in [-0.2, -0.15) is 0 Å². The molecule has 0 saturated heterocycles. The summed E-state index contributed by atoms with van der Waals surface area (Å²) >= 11 is 3.34. The van der Waals surface area contributed by atoms with Gasteiger partial charge in [-0.15, -0.1) is 0 Å². The summed E-state index contributed by atoms with van der Waals surface area (Å²) in [6.07, 6.45) is 0. The molecule has 12 heavy (non-hydrogen) atoms. The number of carbonyl (C=O) groups excluding carboxylic acids is 1. The molecule has 0 aliphatic carbocycles. The molecule has 5 heteroatoms. The van der Waals surface area contributed by atoms with E-state index in [0.717, 1.165) is 0 Å². The number of rotatable bonds is 1. The Labute approximate surface area is 97.6 Å². The van der Waals surface area contributed by atoms with E-state index in [2.05, 4.69) is 17.1 Å². The number of aromatic hydroxyl groups is 1. The van der Waals surface area contributed by atoms with Gasteiger partial charge in [-0.3, -0.25) is 0 Å². The third-order valence-electron chi connectivity index (χ3n) is 1.19. The predicted molar refractivity (Wildman–Crippen MR) is 49.7 cm³/mol. The van der Waals surface area contributed by atoms with Crippen molar-refractivity contribution in [2.45, 2.75) is 0 Å². The average Bonchev–Trinajstić information content (AvgIpc) is 2.05. The molecule has 1 N–H and O–H groups in total. The Hall–Kier alpha value is -0.160. The van der Waals surface area contributed by atoms with Crippen LogP contribution in [0.1, 0.15) is 10.4 Å². The molecule has 0 unspecified atom stereocenters. The van der Waals surface area contributed by atoms with E-state index >= 15 is 0 Å². The number of hydrogen-bond donors (Lipinski definition) is 2. The number of hydrogen-bond acceptors (Lipinski definition) is 4. The van der Waals surface area contributed by atoms with Gasteiger partial charge in [0.15, 0.2) is 0 Å². The molecule has 0 atom stereocenters. The van der Waals surface area contributed by atoms with E-state index in [1.54, 1.807) is 0 Å². The van der Waals surface area contributed by atoms with Gasteiger partial charge >= 0.3 is 35.5 Å². The fourth-order valence-corrected chi connectivity index (χ4v) is 0.756. The van der Waals surface area contributed by atoms with Crippen molar-refractivity contribution in [2.75, 3.05) is 0 Å². The molecule has 0 aromatic heterocycles. The second-order valence-electron chi connectivity index (χ2n) is 1.93. The number of benzene rings is 1. The predicted octanol–water partition coefficient (Wildman–Crippen LogP) is 0.745. The molecule has 0 bridgehead atoms. The van der Waals surface area contributed by atoms with E-state index < -0.39 is 5.97 Å². The third kappa shape index (κ3) is 3.06. The molecular weight excluding hydrogens is 187 g/mol. The second kappa shape index (κ2) is 5.48. The molecule has 0 aliphatic rings. The number of phenolic OH excluding ortho intramolecular Hbond substituents is 1. The summed E-state index contributed by atoms with van der Waals surface area (Å²) in [6, 6.07) is 5.71. The van der Waals surface area contributed by atoms with Crippen LogP contribution >= 0.6 is 12.9 Å². The summed E-state index contributed by atoms with van der Waals surface area (Å²) in [5.41, 5.74) is 0.359. The maximum absolute atomic E-state index is 10.7. The first kappa shape index (κ1) is 11.8. The molecular formula is C7H7NaO3S. The molecule has 0 spiro atoms. The van der Waals surface area contributed by atoms with Crippen LogP contribution in [0.15, 0.2) is 24.3 Å². The van der Waals surface area contributed by atoms with Crippen molar-refractivity contribution in [3.05, 3.63) is 29.8 Å². The Morgan fingerprint density at radius 3 is 2.25 bits per heavy atom. The molecule has 0 radical (unpaired) electrons. The summed E-state index contributed by atoms with van der Waals surface area (Å²) < 4.78 is 4.15. The van der Waals surface area contributed by atoms with E-state index in [9.17, 15) is 4.79 Å². The molecule has 1 aromatic rings. The second-order valence-corrected chi connectivity index (χ2v) is 2.11. The first-order chi connectivity index (χ1) is 5.24. The molecule has 0 aliphatic heterocycles. The molecule has 0 heterocycles. The van der Waals surface area contributed by atoms with Gasteiger partial charge in [0, 0.05) is 12.9 Å². The fraction of sp³-hybridized carbons (Fsp3) is 0. The van der Waals surface area contributed by atoms with Gasteiger partial charge in [0.05, 0.1) is 5.56 Å². The number of carbonyl (C=O) groups is 1. The van der Waals surface area contributed by atoms with Gasteiger partial charge < -0.3 is 9.29 Å². The van der Waals surface area contributed by atoms with E-state index in [4.69, 9.17) is 5.11 Å². The average molecular weight is 194 g/mol. The molecule has 0 fully saturated rings. The zero-order chi connectivity index (χ0) is 8.27. The summed E-state index contributed by atoms with van der Waals surface area (Å²) in [7, 11) is 0. The van der Waals surface area contributed by atoms with Gasteiger partial charge in [-0.1, -0.05) is 0 Å². The van der Waals surface area contributed by atoms with E-state index in [-0.39, 0.29) is 35.3 Å². The standard InChI is InChI=1S/C7H6O3S.Na.H/c8-6-3-1-5(2-4-6)7(9)10-11;;/h1-4,8,11H;;. The topological polar surface area (TPSA) is 46.5 Å². The van der Waals surface area contributed by atoms with Crippen LogP contribution in [-0.2, 0) is 4.18 Å². The minimum absolute atomic E-state index is 0. The zero-order valence-corrected chi connectivity index (χ0v) is 6.41. The van der Waals surface area contributed by atoms with Crippen molar-refractivity contribution in [1.29, 1.82) is 0 Å². The van der Waals surface area contributed by atoms with Crippen LogP contribution in [0, 0.1) is 0 Å². The van der Waals surface area contributed by atoms with Crippen LogP contribution in [0.4, 0.5) is 0 Å². The molecule has 1 aromatic carbocycles. The summed E-state index contributed by atoms with van der Waals surface area (Å²) in [6.45, 7) is 0. The van der Waals surface area contributed by atoms with Crippen molar-refractivity contribution < 1.29 is 14.1 Å². The Morgan fingerprint density at radius 2 is 1.83 bits per heavy atom. The van der Waals surface area contributed by atoms with Crippen LogP contribution < -0.4 is 0 Å². The van der Waals surface area contributed by atoms with Crippen LogP contribution in [0.3, 0.4) is 0 Å². The first-order valence-corrected chi connectivity index (χ1v) is 3.25. The van der Waals surface area contributed by atoms with Gasteiger partial charge in [-0.25, -0.2) is 4.79 Å². The molecule has 1 rings (SSSR count). The normalized spacial score (nSPS) is 8.42. The Morgan fingerprint density at radius 1 is 1.33 bits per heavy atom. The van der Waals surface area contributed by atoms with Gasteiger partial charge in [0.2, 0.25) is 0 Å². The van der Waals surface area contributed by atoms with E-state index in [1.165, 1.54) is 24.3 Å². The Balaban J connectivity index is 0.00000121. The summed E-state index contributed by atoms with van der Waals surface area (Å²) in [5.74, 6) is -0.422. The van der Waals surface area contributed by atoms with Crippen molar-refractivity contribution >= 4 is 48.4 Å². The SMILES string of the molecule is O=C(OS)c1ccc(O)cc1.[NaH]. The van der Waals surface area contributed by atoms with Crippen LogP contribution in [0.25, 0.3) is 0 Å². The van der Waals surface area contributed by atoms with E-state index in [1.807, 2.05) is 0 Å². The van der Waals surface area contributed by atoms with Crippen molar-refractivity contribution in [3.8, 4) is 5.75 Å². The van der Waals surface area contributed by atoms with Crippen molar-refractivity contribution in [1.82, 2.24) is 0 Å². The Bertz CT molecular complexity index is 260. The van der Waals surface area contributed by atoms with Crippen LogP contribution in [0.2, 0.25) is 0 Å². The van der Waals surface area contributed by atoms with Crippen LogP contribution in [0.5, 0.6) is 5.75 Å². The van der Waals surface area contributed by atoms with Crippen LogP contribution in [-0.4, -0.2) is 40.6 Å². The third-order valence-corrected chi connectivity index (χ3v) is 1.35. The minimum atomic E-state index is -0.534. The van der Waals surface area contributed by atoms with Crippen molar-refractivity contribution in [3.63, 3.8) is 0 Å². The number of phenols is 1. The van der Waals surface area contributed by atoms with Gasteiger partial charge in [-0.05, 0) is 24.3 Å².